The van der Waals surface area contributed by atoms with Crippen LogP contribution in [0.3, 0.4) is 0 Å². The molecule has 3 aliphatic heterocycles. The van der Waals surface area contributed by atoms with E-state index in [9.17, 15) is 0 Å². The summed E-state index contributed by atoms with van der Waals surface area (Å²) in [4.78, 5) is 20.8. The zero-order valence-electron chi connectivity index (χ0n) is 19.5. The molecule has 0 radical (unpaired) electrons. The van der Waals surface area contributed by atoms with Crippen LogP contribution < -0.4 is 15.3 Å². The Morgan fingerprint density at radius 3 is 2.85 bits per heavy atom. The van der Waals surface area contributed by atoms with Gasteiger partial charge in [-0.2, -0.15) is 0 Å². The predicted octanol–water partition coefficient (Wildman–Crippen LogP) is 2.90. The van der Waals surface area contributed by atoms with Crippen molar-refractivity contribution in [3.05, 3.63) is 17.5 Å². The Bertz CT molecular complexity index is 1030. The summed E-state index contributed by atoms with van der Waals surface area (Å²) in [6, 6.07) is 0.599. The molecule has 4 aliphatic rings. The van der Waals surface area contributed by atoms with E-state index in [0.717, 1.165) is 83.2 Å². The van der Waals surface area contributed by atoms with Crippen LogP contribution in [0.1, 0.15) is 38.2 Å². The molecule has 0 amide bonds. The van der Waals surface area contributed by atoms with Crippen molar-refractivity contribution >= 4 is 37.9 Å². The summed E-state index contributed by atoms with van der Waals surface area (Å²) >= 11 is 1.81. The maximum Gasteiger partial charge on any atom is 0.150 e. The number of fused-ring (bicyclic) bond motifs is 4. The van der Waals surface area contributed by atoms with E-state index in [4.69, 9.17) is 19.5 Å². The van der Waals surface area contributed by atoms with Crippen LogP contribution in [0.4, 0.5) is 10.8 Å². The molecule has 5 heterocycles. The molecule has 0 aromatic carbocycles. The molecule has 0 spiro atoms. The molecule has 2 fully saturated rings. The van der Waals surface area contributed by atoms with E-state index >= 15 is 0 Å². The van der Waals surface area contributed by atoms with Crippen molar-refractivity contribution in [2.75, 3.05) is 75.6 Å². The minimum atomic E-state index is 0.599. The van der Waals surface area contributed by atoms with Crippen molar-refractivity contribution in [1.29, 1.82) is 0 Å². The zero-order valence-corrected chi connectivity index (χ0v) is 20.3. The largest absolute Gasteiger partial charge is 0.379 e. The number of nitrogens with one attached hydrogen (secondary N) is 1. The lowest BCUT2D eigenvalue weighted by Gasteiger charge is -2.36. The fraction of sp³-hybridized carbons (Fsp3) is 0.667. The van der Waals surface area contributed by atoms with Crippen LogP contribution in [0.15, 0.2) is 11.9 Å². The van der Waals surface area contributed by atoms with E-state index in [1.54, 1.807) is 6.33 Å². The molecule has 1 aliphatic carbocycles. The molecule has 1 unspecified atom stereocenters. The van der Waals surface area contributed by atoms with Gasteiger partial charge in [0, 0.05) is 50.9 Å². The third kappa shape index (κ3) is 4.04. The monoisotopic (exact) mass is 470 g/mol. The van der Waals surface area contributed by atoms with Crippen LogP contribution in [-0.4, -0.2) is 86.5 Å². The second-order valence-electron chi connectivity index (χ2n) is 9.33. The van der Waals surface area contributed by atoms with E-state index in [-0.39, 0.29) is 0 Å². The van der Waals surface area contributed by atoms with E-state index in [2.05, 4.69) is 27.1 Å². The highest BCUT2D eigenvalue weighted by molar-refractivity contribution is 7.23. The van der Waals surface area contributed by atoms with Gasteiger partial charge in [-0.15, -0.1) is 11.3 Å². The number of aromatic nitrogens is 2. The Morgan fingerprint density at radius 2 is 2.03 bits per heavy atom. The van der Waals surface area contributed by atoms with Crippen molar-refractivity contribution in [3.8, 4) is 0 Å². The SMILES string of the molecule is CCON1CC2=C(CCCC(N3CCOCC3)C2)c2c1sc1c(N3CCNCC3)ncnc21. The average molecular weight is 471 g/mol. The minimum Gasteiger partial charge on any atom is -0.379 e. The summed E-state index contributed by atoms with van der Waals surface area (Å²) in [5, 5.41) is 6.81. The highest BCUT2D eigenvalue weighted by Crippen LogP contribution is 2.50. The maximum absolute atomic E-state index is 6.20. The molecule has 6 rings (SSSR count). The molecule has 1 atom stereocenters. The van der Waals surface area contributed by atoms with Crippen LogP contribution in [-0.2, 0) is 9.57 Å². The van der Waals surface area contributed by atoms with Gasteiger partial charge in [0.15, 0.2) is 0 Å². The molecular weight excluding hydrogens is 436 g/mol. The van der Waals surface area contributed by atoms with Crippen molar-refractivity contribution in [1.82, 2.24) is 20.2 Å². The number of hydrogen-bond donors (Lipinski definition) is 1. The lowest BCUT2D eigenvalue weighted by Crippen LogP contribution is -2.44. The molecule has 9 heteroatoms. The van der Waals surface area contributed by atoms with Gasteiger partial charge in [-0.05, 0) is 43.8 Å². The number of piperazine rings is 1. The molecule has 1 N–H and O–H groups in total. The van der Waals surface area contributed by atoms with Crippen LogP contribution in [0.2, 0.25) is 0 Å². The summed E-state index contributed by atoms with van der Waals surface area (Å²) in [5.74, 6) is 1.08. The first-order valence-corrected chi connectivity index (χ1v) is 13.3. The smallest absolute Gasteiger partial charge is 0.150 e. The Labute approximate surface area is 199 Å². The highest BCUT2D eigenvalue weighted by Gasteiger charge is 2.35. The second-order valence-corrected chi connectivity index (χ2v) is 10.3. The molecule has 8 nitrogen and oxygen atoms in total. The number of hydroxylamine groups is 1. The van der Waals surface area contributed by atoms with Crippen LogP contribution in [0.25, 0.3) is 15.8 Å². The van der Waals surface area contributed by atoms with E-state index in [1.165, 1.54) is 39.3 Å². The van der Waals surface area contributed by atoms with Gasteiger partial charge in [0.2, 0.25) is 0 Å². The van der Waals surface area contributed by atoms with Gasteiger partial charge in [-0.1, -0.05) is 0 Å². The number of anilines is 2. The van der Waals surface area contributed by atoms with Gasteiger partial charge in [0.05, 0.1) is 36.6 Å². The van der Waals surface area contributed by atoms with Crippen LogP contribution in [0.5, 0.6) is 0 Å². The Morgan fingerprint density at radius 1 is 1.18 bits per heavy atom. The Hall–Kier alpha value is -1.78. The van der Waals surface area contributed by atoms with Gasteiger partial charge in [0.25, 0.3) is 0 Å². The number of rotatable bonds is 4. The van der Waals surface area contributed by atoms with E-state index < -0.39 is 0 Å². The maximum atomic E-state index is 6.20. The van der Waals surface area contributed by atoms with E-state index in [0.29, 0.717) is 12.6 Å². The topological polar surface area (TPSA) is 66.0 Å². The number of morpholine rings is 1. The van der Waals surface area contributed by atoms with Gasteiger partial charge in [0.1, 0.15) is 17.1 Å². The van der Waals surface area contributed by atoms with Crippen LogP contribution >= 0.6 is 11.3 Å². The average Bonchev–Trinajstić information content (AvgIpc) is 3.13. The fourth-order valence-corrected chi connectivity index (χ4v) is 7.12. The summed E-state index contributed by atoms with van der Waals surface area (Å²) in [6.07, 6.45) is 6.48. The third-order valence-electron chi connectivity index (χ3n) is 7.43. The molecular formula is C24H34N6O2S. The lowest BCUT2D eigenvalue weighted by molar-refractivity contribution is 0.0146. The summed E-state index contributed by atoms with van der Waals surface area (Å²) in [6.45, 7) is 11.4. The quantitative estimate of drug-likeness (QED) is 0.732. The van der Waals surface area contributed by atoms with Gasteiger partial charge in [-0.3, -0.25) is 9.74 Å². The Balaban J connectivity index is 1.42. The van der Waals surface area contributed by atoms with Gasteiger partial charge >= 0.3 is 0 Å². The molecule has 33 heavy (non-hydrogen) atoms. The van der Waals surface area contributed by atoms with Crippen molar-refractivity contribution in [2.45, 2.75) is 38.6 Å². The molecule has 0 saturated carbocycles. The molecule has 2 aromatic heterocycles. The molecule has 178 valence electrons. The highest BCUT2D eigenvalue weighted by atomic mass is 32.1. The number of nitrogens with zero attached hydrogens (tertiary/aromatic N) is 5. The summed E-state index contributed by atoms with van der Waals surface area (Å²) in [5.41, 5.74) is 5.48. The standard InChI is InChI=1S/C24H34N6O2S/c1-2-32-30-15-17-14-18(28-10-12-31-13-11-28)4-3-5-19(17)20-21-22(33-24(20)30)23(27-16-26-21)29-8-6-25-7-9-29/h16,18,25H,2-15H2,1H3. The second kappa shape index (κ2) is 9.46. The van der Waals surface area contributed by atoms with Crippen molar-refractivity contribution < 1.29 is 9.57 Å². The lowest BCUT2D eigenvalue weighted by atomic mass is 9.93. The van der Waals surface area contributed by atoms with Crippen molar-refractivity contribution in [2.24, 2.45) is 0 Å². The number of allylic oxidation sites excluding steroid dienone is 1. The first-order chi connectivity index (χ1) is 16.3. The third-order valence-corrected chi connectivity index (χ3v) is 8.61. The molecule has 2 aromatic rings. The van der Waals surface area contributed by atoms with Crippen LogP contribution in [0, 0.1) is 0 Å². The summed E-state index contributed by atoms with van der Waals surface area (Å²) in [7, 11) is 0. The molecule has 0 bridgehead atoms. The summed E-state index contributed by atoms with van der Waals surface area (Å²) < 4.78 is 6.83. The predicted molar refractivity (Wildman–Crippen MR) is 133 cm³/mol. The number of thiophene rings is 1. The fourth-order valence-electron chi connectivity index (χ4n) is 5.86. The Kier molecular flexibility index (Phi) is 6.23. The first kappa shape index (κ1) is 21.7. The molecule has 2 saturated heterocycles. The number of ether oxygens (including phenoxy) is 1. The van der Waals surface area contributed by atoms with Gasteiger partial charge < -0.3 is 15.0 Å². The first-order valence-electron chi connectivity index (χ1n) is 12.5. The normalized spacial score (nSPS) is 24.7. The zero-order chi connectivity index (χ0) is 22.2. The minimum absolute atomic E-state index is 0.599. The van der Waals surface area contributed by atoms with Gasteiger partial charge in [-0.25, -0.2) is 15.0 Å². The van der Waals surface area contributed by atoms with E-state index in [1.807, 2.05) is 11.3 Å². The van der Waals surface area contributed by atoms with Crippen molar-refractivity contribution in [3.63, 3.8) is 0 Å². The number of hydrogen-bond acceptors (Lipinski definition) is 9.